The number of amides is 1. The van der Waals surface area contributed by atoms with Crippen LogP contribution in [0.1, 0.15) is 12.8 Å². The summed E-state index contributed by atoms with van der Waals surface area (Å²) < 4.78 is 13.5. The molecule has 0 heterocycles. The summed E-state index contributed by atoms with van der Waals surface area (Å²) in [6.45, 7) is 0.813. The summed E-state index contributed by atoms with van der Waals surface area (Å²) in [4.78, 5) is 11.5. The molecule has 3 nitrogen and oxygen atoms in total. The number of anilines is 1. The number of hydrogen-bond donors (Lipinski definition) is 2. The van der Waals surface area contributed by atoms with Crippen molar-refractivity contribution in [2.45, 2.75) is 12.8 Å². The van der Waals surface area contributed by atoms with Crippen LogP contribution in [0.3, 0.4) is 0 Å². The van der Waals surface area contributed by atoms with Gasteiger partial charge in [-0.05, 0) is 60.8 Å². The van der Waals surface area contributed by atoms with Gasteiger partial charge in [-0.15, -0.1) is 0 Å². The number of hydrogen-bond acceptors (Lipinski definition) is 2. The number of rotatable bonds is 5. The smallest absolute Gasteiger partial charge is 0.224 e. The minimum absolute atomic E-state index is 0.0419. The standard InChI is InChI=1S/C11H14FIN2O/c1-14-6-2-3-11(16)15-10-5-4-8(12)7-9(10)13/h4-5,7,14H,2-3,6H2,1H3,(H,15,16). The van der Waals surface area contributed by atoms with Crippen LogP contribution in [0.25, 0.3) is 0 Å². The molecule has 88 valence electrons. The number of carbonyl (C=O) groups is 1. The Kier molecular flexibility index (Phi) is 5.68. The summed E-state index contributed by atoms with van der Waals surface area (Å²) in [5, 5.41) is 5.73. The van der Waals surface area contributed by atoms with Gasteiger partial charge in [-0.2, -0.15) is 0 Å². The van der Waals surface area contributed by atoms with Crippen molar-refractivity contribution in [2.24, 2.45) is 0 Å². The first-order chi connectivity index (χ1) is 7.63. The average molecular weight is 336 g/mol. The lowest BCUT2D eigenvalue weighted by atomic mass is 10.2. The van der Waals surface area contributed by atoms with Crippen LogP contribution in [0.4, 0.5) is 10.1 Å². The first-order valence-corrected chi connectivity index (χ1v) is 6.11. The normalized spacial score (nSPS) is 10.2. The van der Waals surface area contributed by atoms with Gasteiger partial charge in [-0.1, -0.05) is 0 Å². The fraction of sp³-hybridized carbons (Fsp3) is 0.364. The van der Waals surface area contributed by atoms with Crippen LogP contribution in [-0.2, 0) is 4.79 Å². The van der Waals surface area contributed by atoms with Crippen molar-refractivity contribution in [3.63, 3.8) is 0 Å². The molecule has 0 atom stereocenters. The predicted octanol–water partition coefficient (Wildman–Crippen LogP) is 2.37. The minimum atomic E-state index is -0.294. The SMILES string of the molecule is CNCCCC(=O)Nc1ccc(F)cc1I. The molecule has 1 aromatic carbocycles. The Morgan fingerprint density at radius 1 is 1.50 bits per heavy atom. The molecule has 16 heavy (non-hydrogen) atoms. The maximum atomic E-state index is 12.8. The van der Waals surface area contributed by atoms with Crippen molar-refractivity contribution in [3.8, 4) is 0 Å². The largest absolute Gasteiger partial charge is 0.325 e. The molecular weight excluding hydrogens is 322 g/mol. The molecule has 0 saturated heterocycles. The number of nitrogens with one attached hydrogen (secondary N) is 2. The third-order valence-corrected chi connectivity index (χ3v) is 2.93. The Balaban J connectivity index is 2.49. The Bertz CT molecular complexity index is 371. The monoisotopic (exact) mass is 336 g/mol. The van der Waals surface area contributed by atoms with Gasteiger partial charge in [0.25, 0.3) is 0 Å². The van der Waals surface area contributed by atoms with E-state index in [0.717, 1.165) is 13.0 Å². The van der Waals surface area contributed by atoms with Crippen LogP contribution in [0, 0.1) is 9.39 Å². The van der Waals surface area contributed by atoms with E-state index in [2.05, 4.69) is 10.6 Å². The first kappa shape index (κ1) is 13.4. The highest BCUT2D eigenvalue weighted by Crippen LogP contribution is 2.19. The van der Waals surface area contributed by atoms with Crippen molar-refractivity contribution in [2.75, 3.05) is 18.9 Å². The van der Waals surface area contributed by atoms with Crippen LogP contribution in [0.5, 0.6) is 0 Å². The lowest BCUT2D eigenvalue weighted by Gasteiger charge is -2.07. The molecular formula is C11H14FIN2O. The molecule has 0 spiro atoms. The summed E-state index contributed by atoms with van der Waals surface area (Å²) in [6.07, 6.45) is 1.26. The molecule has 5 heteroatoms. The molecule has 1 rings (SSSR count). The van der Waals surface area contributed by atoms with Crippen LogP contribution >= 0.6 is 22.6 Å². The summed E-state index contributed by atoms with van der Waals surface area (Å²) in [7, 11) is 1.85. The van der Waals surface area contributed by atoms with E-state index in [0.29, 0.717) is 15.7 Å². The zero-order valence-electron chi connectivity index (χ0n) is 9.02. The van der Waals surface area contributed by atoms with Gasteiger partial charge in [0, 0.05) is 9.99 Å². The molecule has 0 radical (unpaired) electrons. The molecule has 0 aliphatic rings. The Morgan fingerprint density at radius 3 is 2.88 bits per heavy atom. The van der Waals surface area contributed by atoms with E-state index in [4.69, 9.17) is 0 Å². The van der Waals surface area contributed by atoms with Crippen LogP contribution in [0.15, 0.2) is 18.2 Å². The molecule has 0 aliphatic carbocycles. The molecule has 2 N–H and O–H groups in total. The van der Waals surface area contributed by atoms with E-state index in [1.165, 1.54) is 12.1 Å². The van der Waals surface area contributed by atoms with Gasteiger partial charge in [0.2, 0.25) is 5.91 Å². The molecule has 0 fully saturated rings. The van der Waals surface area contributed by atoms with Crippen LogP contribution in [0.2, 0.25) is 0 Å². The number of benzene rings is 1. The van der Waals surface area contributed by atoms with E-state index in [1.807, 2.05) is 29.6 Å². The van der Waals surface area contributed by atoms with E-state index in [-0.39, 0.29) is 11.7 Å². The zero-order valence-corrected chi connectivity index (χ0v) is 11.2. The van der Waals surface area contributed by atoms with Gasteiger partial charge in [-0.25, -0.2) is 4.39 Å². The van der Waals surface area contributed by atoms with E-state index < -0.39 is 0 Å². The van der Waals surface area contributed by atoms with Crippen molar-refractivity contribution in [3.05, 3.63) is 27.6 Å². The van der Waals surface area contributed by atoms with E-state index >= 15 is 0 Å². The van der Waals surface area contributed by atoms with Gasteiger partial charge in [0.15, 0.2) is 0 Å². The van der Waals surface area contributed by atoms with Crippen molar-refractivity contribution >= 4 is 34.2 Å². The molecule has 0 unspecified atom stereocenters. The summed E-state index contributed by atoms with van der Waals surface area (Å²) in [5.41, 5.74) is 0.663. The second kappa shape index (κ2) is 6.80. The maximum absolute atomic E-state index is 12.8. The number of halogens is 2. The van der Waals surface area contributed by atoms with Gasteiger partial charge >= 0.3 is 0 Å². The quantitative estimate of drug-likeness (QED) is 0.640. The van der Waals surface area contributed by atoms with Crippen LogP contribution < -0.4 is 10.6 Å². The fourth-order valence-electron chi connectivity index (χ4n) is 1.23. The molecule has 0 bridgehead atoms. The molecule has 1 aromatic rings. The Labute approximate surface area is 108 Å². The average Bonchev–Trinajstić information content (AvgIpc) is 2.23. The van der Waals surface area contributed by atoms with Crippen molar-refractivity contribution in [1.29, 1.82) is 0 Å². The molecule has 1 amide bonds. The second-order valence-electron chi connectivity index (χ2n) is 3.38. The van der Waals surface area contributed by atoms with Crippen molar-refractivity contribution in [1.82, 2.24) is 5.32 Å². The summed E-state index contributed by atoms with van der Waals surface area (Å²) in [6, 6.07) is 4.31. The predicted molar refractivity (Wildman–Crippen MR) is 70.9 cm³/mol. The lowest BCUT2D eigenvalue weighted by molar-refractivity contribution is -0.116. The first-order valence-electron chi connectivity index (χ1n) is 5.03. The van der Waals surface area contributed by atoms with Crippen LogP contribution in [-0.4, -0.2) is 19.5 Å². The maximum Gasteiger partial charge on any atom is 0.224 e. The molecule has 0 saturated carbocycles. The van der Waals surface area contributed by atoms with E-state index in [1.54, 1.807) is 6.07 Å². The summed E-state index contributed by atoms with van der Waals surface area (Å²) >= 11 is 2.00. The minimum Gasteiger partial charge on any atom is -0.325 e. The Morgan fingerprint density at radius 2 is 2.25 bits per heavy atom. The Hall–Kier alpha value is -0.690. The highest BCUT2D eigenvalue weighted by molar-refractivity contribution is 14.1. The highest BCUT2D eigenvalue weighted by Gasteiger charge is 2.05. The second-order valence-corrected chi connectivity index (χ2v) is 4.54. The van der Waals surface area contributed by atoms with Gasteiger partial charge in [0.05, 0.1) is 5.69 Å². The fourth-order valence-corrected chi connectivity index (χ4v) is 1.84. The van der Waals surface area contributed by atoms with Crippen molar-refractivity contribution < 1.29 is 9.18 Å². The van der Waals surface area contributed by atoms with Gasteiger partial charge in [0.1, 0.15) is 5.82 Å². The zero-order chi connectivity index (χ0) is 12.0. The topological polar surface area (TPSA) is 41.1 Å². The lowest BCUT2D eigenvalue weighted by Crippen LogP contribution is -2.15. The van der Waals surface area contributed by atoms with Gasteiger partial charge in [-0.3, -0.25) is 4.79 Å². The molecule has 0 aliphatic heterocycles. The van der Waals surface area contributed by atoms with Gasteiger partial charge < -0.3 is 10.6 Å². The third-order valence-electron chi connectivity index (χ3n) is 2.04. The molecule has 0 aromatic heterocycles. The van der Waals surface area contributed by atoms with E-state index in [9.17, 15) is 9.18 Å². The summed E-state index contributed by atoms with van der Waals surface area (Å²) in [5.74, 6) is -0.336. The number of carbonyl (C=O) groups excluding carboxylic acids is 1. The highest BCUT2D eigenvalue weighted by atomic mass is 127. The third kappa shape index (κ3) is 4.44.